The van der Waals surface area contributed by atoms with Gasteiger partial charge in [0.25, 0.3) is 0 Å². The molecule has 1 atom stereocenters. The molecule has 2 aliphatic rings. The van der Waals surface area contributed by atoms with Crippen LogP contribution >= 0.6 is 0 Å². The Morgan fingerprint density at radius 1 is 1.33 bits per heavy atom. The van der Waals surface area contributed by atoms with E-state index in [2.05, 4.69) is 10.2 Å². The minimum absolute atomic E-state index is 0.142. The summed E-state index contributed by atoms with van der Waals surface area (Å²) >= 11 is 0. The van der Waals surface area contributed by atoms with Gasteiger partial charge in [0.05, 0.1) is 0 Å². The Labute approximate surface area is 108 Å². The standard InChI is InChI=1S/C15H21FN2/c1-11-8-13(16)3-2-12(11)9-17-14-6-7-18(10-14)15-4-5-15/h2-3,8,14-15,17H,4-7,9-10H2,1H3. The number of aryl methyl sites for hydroxylation is 1. The van der Waals surface area contributed by atoms with Crippen LogP contribution in [0, 0.1) is 12.7 Å². The highest BCUT2D eigenvalue weighted by molar-refractivity contribution is 5.26. The van der Waals surface area contributed by atoms with Gasteiger partial charge in [0.2, 0.25) is 0 Å². The number of hydrogen-bond donors (Lipinski definition) is 1. The smallest absolute Gasteiger partial charge is 0.123 e. The molecule has 1 unspecified atom stereocenters. The lowest BCUT2D eigenvalue weighted by Crippen LogP contribution is -2.33. The Morgan fingerprint density at radius 3 is 2.89 bits per heavy atom. The zero-order valence-corrected chi connectivity index (χ0v) is 11.0. The van der Waals surface area contributed by atoms with E-state index in [4.69, 9.17) is 0 Å². The molecule has 1 N–H and O–H groups in total. The second kappa shape index (κ2) is 4.98. The zero-order chi connectivity index (χ0) is 12.5. The SMILES string of the molecule is Cc1cc(F)ccc1CNC1CCN(C2CC2)C1. The van der Waals surface area contributed by atoms with Gasteiger partial charge in [-0.25, -0.2) is 4.39 Å². The van der Waals surface area contributed by atoms with Crippen molar-refractivity contribution < 1.29 is 4.39 Å². The molecule has 1 aromatic carbocycles. The van der Waals surface area contributed by atoms with Gasteiger partial charge in [-0.2, -0.15) is 0 Å². The van der Waals surface area contributed by atoms with Crippen molar-refractivity contribution in [3.63, 3.8) is 0 Å². The third-order valence-electron chi connectivity index (χ3n) is 4.17. The molecule has 2 fully saturated rings. The molecule has 98 valence electrons. The molecule has 1 heterocycles. The zero-order valence-electron chi connectivity index (χ0n) is 11.0. The topological polar surface area (TPSA) is 15.3 Å². The van der Waals surface area contributed by atoms with Gasteiger partial charge in [0.1, 0.15) is 5.82 Å². The van der Waals surface area contributed by atoms with Crippen molar-refractivity contribution in [3.05, 3.63) is 35.1 Å². The molecule has 3 heteroatoms. The number of nitrogens with zero attached hydrogens (tertiary/aromatic N) is 1. The first kappa shape index (κ1) is 12.1. The van der Waals surface area contributed by atoms with Crippen molar-refractivity contribution in [3.8, 4) is 0 Å². The largest absolute Gasteiger partial charge is 0.309 e. The summed E-state index contributed by atoms with van der Waals surface area (Å²) in [7, 11) is 0. The number of nitrogens with one attached hydrogen (secondary N) is 1. The first-order chi connectivity index (χ1) is 8.72. The maximum absolute atomic E-state index is 13.0. The summed E-state index contributed by atoms with van der Waals surface area (Å²) in [6.45, 7) is 5.26. The summed E-state index contributed by atoms with van der Waals surface area (Å²) in [4.78, 5) is 2.61. The average Bonchev–Trinajstić information content (AvgIpc) is 3.08. The van der Waals surface area contributed by atoms with Gasteiger partial charge in [-0.1, -0.05) is 6.07 Å². The maximum atomic E-state index is 13.0. The fourth-order valence-electron chi connectivity index (χ4n) is 2.84. The first-order valence-electron chi connectivity index (χ1n) is 6.95. The van der Waals surface area contributed by atoms with E-state index in [0.29, 0.717) is 6.04 Å². The molecule has 18 heavy (non-hydrogen) atoms. The summed E-state index contributed by atoms with van der Waals surface area (Å²) in [5.41, 5.74) is 2.25. The molecular formula is C15H21FN2. The minimum atomic E-state index is -0.142. The van der Waals surface area contributed by atoms with E-state index in [-0.39, 0.29) is 5.82 Å². The van der Waals surface area contributed by atoms with E-state index in [9.17, 15) is 4.39 Å². The van der Waals surface area contributed by atoms with E-state index in [1.165, 1.54) is 37.9 Å². The van der Waals surface area contributed by atoms with E-state index in [1.807, 2.05) is 13.0 Å². The second-order valence-corrected chi connectivity index (χ2v) is 5.66. The number of hydrogen-bond acceptors (Lipinski definition) is 2. The quantitative estimate of drug-likeness (QED) is 0.880. The maximum Gasteiger partial charge on any atom is 0.123 e. The van der Waals surface area contributed by atoms with Gasteiger partial charge in [0, 0.05) is 31.7 Å². The summed E-state index contributed by atoms with van der Waals surface area (Å²) < 4.78 is 13.0. The molecule has 1 saturated heterocycles. The van der Waals surface area contributed by atoms with E-state index in [1.54, 1.807) is 12.1 Å². The third-order valence-corrected chi connectivity index (χ3v) is 4.17. The molecule has 1 saturated carbocycles. The Kier molecular flexibility index (Phi) is 3.35. The van der Waals surface area contributed by atoms with Crippen molar-refractivity contribution in [1.29, 1.82) is 0 Å². The molecule has 0 bridgehead atoms. The fraction of sp³-hybridized carbons (Fsp3) is 0.600. The molecule has 0 radical (unpaired) electrons. The average molecular weight is 248 g/mol. The van der Waals surface area contributed by atoms with Crippen molar-refractivity contribution >= 4 is 0 Å². The highest BCUT2D eigenvalue weighted by Crippen LogP contribution is 2.29. The van der Waals surface area contributed by atoms with Crippen LogP contribution in [-0.4, -0.2) is 30.1 Å². The predicted molar refractivity (Wildman–Crippen MR) is 71.0 cm³/mol. The Balaban J connectivity index is 1.51. The minimum Gasteiger partial charge on any atom is -0.309 e. The lowest BCUT2D eigenvalue weighted by Gasteiger charge is -2.16. The Bertz CT molecular complexity index is 429. The molecule has 0 amide bonds. The van der Waals surface area contributed by atoms with E-state index < -0.39 is 0 Å². The summed E-state index contributed by atoms with van der Waals surface area (Å²) in [6, 6.07) is 6.54. The lowest BCUT2D eigenvalue weighted by atomic mass is 10.1. The van der Waals surface area contributed by atoms with Crippen LogP contribution in [0.25, 0.3) is 0 Å². The molecule has 0 aromatic heterocycles. The molecule has 1 aliphatic heterocycles. The normalized spacial score (nSPS) is 24.7. The first-order valence-corrected chi connectivity index (χ1v) is 6.95. The van der Waals surface area contributed by atoms with Crippen molar-refractivity contribution in [2.45, 2.75) is 44.8 Å². The molecule has 2 nitrogen and oxygen atoms in total. The van der Waals surface area contributed by atoms with Gasteiger partial charge in [-0.05, 0) is 49.4 Å². The number of rotatable bonds is 4. The van der Waals surface area contributed by atoms with Crippen molar-refractivity contribution in [1.82, 2.24) is 10.2 Å². The van der Waals surface area contributed by atoms with Crippen LogP contribution in [-0.2, 0) is 6.54 Å². The van der Waals surface area contributed by atoms with Crippen LogP contribution in [0.2, 0.25) is 0 Å². The van der Waals surface area contributed by atoms with Gasteiger partial charge in [-0.3, -0.25) is 4.90 Å². The number of benzene rings is 1. The van der Waals surface area contributed by atoms with Crippen LogP contribution in [0.3, 0.4) is 0 Å². The summed E-state index contributed by atoms with van der Waals surface area (Å²) in [6.07, 6.45) is 4.03. The van der Waals surface area contributed by atoms with Gasteiger partial charge in [0.15, 0.2) is 0 Å². The highest BCUT2D eigenvalue weighted by atomic mass is 19.1. The monoisotopic (exact) mass is 248 g/mol. The molecular weight excluding hydrogens is 227 g/mol. The van der Waals surface area contributed by atoms with Gasteiger partial charge >= 0.3 is 0 Å². The van der Waals surface area contributed by atoms with Gasteiger partial charge in [-0.15, -0.1) is 0 Å². The van der Waals surface area contributed by atoms with Crippen LogP contribution < -0.4 is 5.32 Å². The number of halogens is 1. The van der Waals surface area contributed by atoms with Crippen molar-refractivity contribution in [2.24, 2.45) is 0 Å². The molecule has 0 spiro atoms. The van der Waals surface area contributed by atoms with Gasteiger partial charge < -0.3 is 5.32 Å². The molecule has 3 rings (SSSR count). The Hall–Kier alpha value is -0.930. The predicted octanol–water partition coefficient (Wildman–Crippen LogP) is 2.46. The van der Waals surface area contributed by atoms with E-state index >= 15 is 0 Å². The third kappa shape index (κ3) is 2.73. The van der Waals surface area contributed by atoms with Crippen LogP contribution in [0.5, 0.6) is 0 Å². The lowest BCUT2D eigenvalue weighted by molar-refractivity contribution is 0.317. The summed E-state index contributed by atoms with van der Waals surface area (Å²) in [5.74, 6) is -0.142. The van der Waals surface area contributed by atoms with E-state index in [0.717, 1.165) is 18.2 Å². The molecule has 1 aromatic rings. The second-order valence-electron chi connectivity index (χ2n) is 5.66. The number of likely N-dealkylation sites (tertiary alicyclic amines) is 1. The Morgan fingerprint density at radius 2 is 2.17 bits per heavy atom. The molecule has 1 aliphatic carbocycles. The van der Waals surface area contributed by atoms with Crippen molar-refractivity contribution in [2.75, 3.05) is 13.1 Å². The van der Waals surface area contributed by atoms with Crippen LogP contribution in [0.4, 0.5) is 4.39 Å². The van der Waals surface area contributed by atoms with Crippen LogP contribution in [0.15, 0.2) is 18.2 Å². The fourth-order valence-corrected chi connectivity index (χ4v) is 2.84. The highest BCUT2D eigenvalue weighted by Gasteiger charge is 2.33. The van der Waals surface area contributed by atoms with Crippen LogP contribution in [0.1, 0.15) is 30.4 Å². The summed E-state index contributed by atoms with van der Waals surface area (Å²) in [5, 5.41) is 3.61.